The summed E-state index contributed by atoms with van der Waals surface area (Å²) >= 11 is 0. The number of furan rings is 1. The second kappa shape index (κ2) is 9.87. The summed E-state index contributed by atoms with van der Waals surface area (Å²) in [6.45, 7) is 3.87. The highest BCUT2D eigenvalue weighted by molar-refractivity contribution is 5.95. The van der Waals surface area contributed by atoms with E-state index in [1.807, 2.05) is 37.3 Å². The van der Waals surface area contributed by atoms with Gasteiger partial charge in [0.25, 0.3) is 5.91 Å². The molecule has 0 fully saturated rings. The number of aryl methyl sites for hydroxylation is 1. The van der Waals surface area contributed by atoms with E-state index in [1.54, 1.807) is 25.3 Å². The van der Waals surface area contributed by atoms with Crippen LogP contribution in [-0.4, -0.2) is 18.4 Å². The molecule has 1 aromatic heterocycles. The van der Waals surface area contributed by atoms with Crippen LogP contribution in [0.2, 0.25) is 0 Å². The molecule has 156 valence electrons. The highest BCUT2D eigenvalue weighted by atomic mass is 19.1. The van der Waals surface area contributed by atoms with Crippen LogP contribution < -0.4 is 5.32 Å². The molecule has 1 N–H and O–H groups in total. The van der Waals surface area contributed by atoms with Crippen LogP contribution in [0.3, 0.4) is 0 Å². The minimum absolute atomic E-state index is 0.0875. The van der Waals surface area contributed by atoms with Crippen molar-refractivity contribution in [3.05, 3.63) is 83.6 Å². The first kappa shape index (κ1) is 21.3. The zero-order valence-corrected chi connectivity index (χ0v) is 17.0. The maximum atomic E-state index is 14.1. The van der Waals surface area contributed by atoms with Gasteiger partial charge in [0, 0.05) is 24.1 Å². The van der Waals surface area contributed by atoms with E-state index in [0.717, 1.165) is 16.9 Å². The Labute approximate surface area is 174 Å². The fourth-order valence-electron chi connectivity index (χ4n) is 3.05. The number of hydrogen-bond acceptors (Lipinski definition) is 4. The molecule has 0 saturated carbocycles. The molecule has 1 heterocycles. The molecular weight excluding hydrogens is 385 g/mol. The zero-order valence-electron chi connectivity index (χ0n) is 17.0. The van der Waals surface area contributed by atoms with Crippen LogP contribution in [-0.2, 0) is 22.6 Å². The molecule has 0 aliphatic carbocycles. The number of benzene rings is 2. The summed E-state index contributed by atoms with van der Waals surface area (Å²) in [5.74, 6) is -1.20. The van der Waals surface area contributed by atoms with Crippen molar-refractivity contribution in [3.8, 4) is 11.1 Å². The smallest absolute Gasteiger partial charge is 0.310 e. The second-order valence-electron chi connectivity index (χ2n) is 7.04. The number of esters is 1. The fourth-order valence-corrected chi connectivity index (χ4v) is 3.05. The van der Waals surface area contributed by atoms with Gasteiger partial charge in [-0.25, -0.2) is 4.39 Å². The number of ether oxygens (including phenoxy) is 1. The molecule has 0 bridgehead atoms. The van der Waals surface area contributed by atoms with Gasteiger partial charge in [-0.05, 0) is 35.4 Å². The van der Waals surface area contributed by atoms with Gasteiger partial charge < -0.3 is 14.5 Å². The van der Waals surface area contributed by atoms with Gasteiger partial charge in [-0.3, -0.25) is 9.59 Å². The molecule has 3 rings (SSSR count). The van der Waals surface area contributed by atoms with Crippen LogP contribution in [0.25, 0.3) is 11.1 Å². The van der Waals surface area contributed by atoms with Gasteiger partial charge in [0.1, 0.15) is 18.2 Å². The normalized spacial score (nSPS) is 11.7. The topological polar surface area (TPSA) is 68.5 Å². The van der Waals surface area contributed by atoms with E-state index in [-0.39, 0.29) is 18.7 Å². The SMILES string of the molecule is CCc1occc1-c1cc(F)cc(C(=O)NC[C@@H](C)C(=O)OCc2ccccc2)c1. The van der Waals surface area contributed by atoms with Gasteiger partial charge in [0.05, 0.1) is 12.2 Å². The Morgan fingerprint density at radius 3 is 2.63 bits per heavy atom. The van der Waals surface area contributed by atoms with Crippen LogP contribution >= 0.6 is 0 Å². The maximum Gasteiger partial charge on any atom is 0.310 e. The predicted octanol–water partition coefficient (Wildman–Crippen LogP) is 4.76. The van der Waals surface area contributed by atoms with Crippen LogP contribution in [0, 0.1) is 11.7 Å². The standard InChI is InChI=1S/C24H24FNO4/c1-3-22-21(9-10-29-22)18-11-19(13-20(25)12-18)23(27)26-14-16(2)24(28)30-15-17-7-5-4-6-8-17/h4-13,16H,3,14-15H2,1-2H3,(H,26,27)/t16-/m1/s1. The molecule has 3 aromatic rings. The Hall–Kier alpha value is -3.41. The zero-order chi connectivity index (χ0) is 21.5. The minimum atomic E-state index is -0.536. The van der Waals surface area contributed by atoms with E-state index in [0.29, 0.717) is 12.0 Å². The van der Waals surface area contributed by atoms with Crippen molar-refractivity contribution >= 4 is 11.9 Å². The van der Waals surface area contributed by atoms with E-state index in [9.17, 15) is 14.0 Å². The molecular formula is C24H24FNO4. The lowest BCUT2D eigenvalue weighted by Crippen LogP contribution is -2.32. The number of carbonyl (C=O) groups is 2. The Bertz CT molecular complexity index is 1010. The Morgan fingerprint density at radius 2 is 1.90 bits per heavy atom. The summed E-state index contributed by atoms with van der Waals surface area (Å²) in [5, 5.41) is 2.68. The molecule has 0 radical (unpaired) electrons. The summed E-state index contributed by atoms with van der Waals surface area (Å²) in [5.41, 5.74) is 2.39. The number of hydrogen-bond donors (Lipinski definition) is 1. The van der Waals surface area contributed by atoms with Gasteiger partial charge in [0.2, 0.25) is 0 Å². The largest absolute Gasteiger partial charge is 0.469 e. The molecule has 0 aliphatic heterocycles. The Balaban J connectivity index is 1.59. The van der Waals surface area contributed by atoms with Crippen LogP contribution in [0.1, 0.15) is 35.5 Å². The summed E-state index contributed by atoms with van der Waals surface area (Å²) < 4.78 is 24.8. The van der Waals surface area contributed by atoms with Gasteiger partial charge in [-0.1, -0.05) is 44.2 Å². The van der Waals surface area contributed by atoms with Crippen molar-refractivity contribution in [2.75, 3.05) is 6.54 Å². The molecule has 0 unspecified atom stereocenters. The molecule has 0 aliphatic rings. The first-order chi connectivity index (χ1) is 14.5. The maximum absolute atomic E-state index is 14.1. The van der Waals surface area contributed by atoms with E-state index in [2.05, 4.69) is 5.32 Å². The number of carbonyl (C=O) groups excluding carboxylic acids is 2. The van der Waals surface area contributed by atoms with Gasteiger partial charge in [-0.15, -0.1) is 0 Å². The molecule has 1 amide bonds. The number of rotatable bonds is 8. The number of amides is 1. The second-order valence-corrected chi connectivity index (χ2v) is 7.04. The lowest BCUT2D eigenvalue weighted by atomic mass is 10.0. The van der Waals surface area contributed by atoms with Crippen molar-refractivity contribution in [1.82, 2.24) is 5.32 Å². The van der Waals surface area contributed by atoms with Crippen LogP contribution in [0.15, 0.2) is 65.3 Å². The van der Waals surface area contributed by atoms with Gasteiger partial charge >= 0.3 is 5.97 Å². The van der Waals surface area contributed by atoms with Crippen molar-refractivity contribution in [3.63, 3.8) is 0 Å². The highest BCUT2D eigenvalue weighted by Gasteiger charge is 2.18. The van der Waals surface area contributed by atoms with E-state index in [1.165, 1.54) is 12.1 Å². The van der Waals surface area contributed by atoms with Crippen molar-refractivity contribution in [2.24, 2.45) is 5.92 Å². The molecule has 30 heavy (non-hydrogen) atoms. The molecule has 6 heteroatoms. The van der Waals surface area contributed by atoms with E-state index in [4.69, 9.17) is 9.15 Å². The predicted molar refractivity (Wildman–Crippen MR) is 111 cm³/mol. The summed E-state index contributed by atoms with van der Waals surface area (Å²) in [4.78, 5) is 24.7. The third-order valence-corrected chi connectivity index (χ3v) is 4.73. The van der Waals surface area contributed by atoms with Crippen LogP contribution in [0.5, 0.6) is 0 Å². The van der Waals surface area contributed by atoms with Crippen molar-refractivity contribution in [1.29, 1.82) is 0 Å². The summed E-state index contributed by atoms with van der Waals surface area (Å²) in [6, 6.07) is 15.3. The molecule has 2 aromatic carbocycles. The average molecular weight is 409 g/mol. The minimum Gasteiger partial charge on any atom is -0.469 e. The third-order valence-electron chi connectivity index (χ3n) is 4.73. The fraction of sp³-hybridized carbons (Fsp3) is 0.250. The first-order valence-corrected chi connectivity index (χ1v) is 9.84. The lowest BCUT2D eigenvalue weighted by molar-refractivity contribution is -0.149. The van der Waals surface area contributed by atoms with E-state index >= 15 is 0 Å². The lowest BCUT2D eigenvalue weighted by Gasteiger charge is -2.13. The molecule has 1 atom stereocenters. The van der Waals surface area contributed by atoms with Crippen molar-refractivity contribution < 1.29 is 23.1 Å². The number of nitrogens with one attached hydrogen (secondary N) is 1. The van der Waals surface area contributed by atoms with Gasteiger partial charge in [-0.2, -0.15) is 0 Å². The third kappa shape index (κ3) is 5.35. The van der Waals surface area contributed by atoms with E-state index < -0.39 is 23.6 Å². The average Bonchev–Trinajstić information content (AvgIpc) is 3.24. The van der Waals surface area contributed by atoms with Gasteiger partial charge in [0.15, 0.2) is 0 Å². The Morgan fingerprint density at radius 1 is 1.13 bits per heavy atom. The first-order valence-electron chi connectivity index (χ1n) is 9.84. The molecule has 5 nitrogen and oxygen atoms in total. The Kier molecular flexibility index (Phi) is 7.01. The monoisotopic (exact) mass is 409 g/mol. The van der Waals surface area contributed by atoms with Crippen LogP contribution in [0.4, 0.5) is 4.39 Å². The summed E-state index contributed by atoms with van der Waals surface area (Å²) in [7, 11) is 0. The molecule has 0 saturated heterocycles. The summed E-state index contributed by atoms with van der Waals surface area (Å²) in [6.07, 6.45) is 2.20. The quantitative estimate of drug-likeness (QED) is 0.545. The highest BCUT2D eigenvalue weighted by Crippen LogP contribution is 2.27. The molecule has 0 spiro atoms. The number of halogens is 1. The van der Waals surface area contributed by atoms with Crippen molar-refractivity contribution in [2.45, 2.75) is 26.9 Å².